The van der Waals surface area contributed by atoms with Gasteiger partial charge in [0.1, 0.15) is 11.9 Å². The largest absolute Gasteiger partial charge is 0.491 e. The van der Waals surface area contributed by atoms with E-state index >= 15 is 0 Å². The molecule has 21 heavy (non-hydrogen) atoms. The van der Waals surface area contributed by atoms with Gasteiger partial charge < -0.3 is 19.5 Å². The minimum Gasteiger partial charge on any atom is -0.491 e. The second-order valence-corrected chi connectivity index (χ2v) is 5.65. The first-order valence-corrected chi connectivity index (χ1v) is 7.90. The van der Waals surface area contributed by atoms with Gasteiger partial charge in [0.05, 0.1) is 32.0 Å². The summed E-state index contributed by atoms with van der Waals surface area (Å²) in [6, 6.07) is 8.45. The van der Waals surface area contributed by atoms with E-state index in [9.17, 15) is 0 Å². The smallest absolute Gasteiger partial charge is 0.119 e. The van der Waals surface area contributed by atoms with Gasteiger partial charge in [-0.25, -0.2) is 0 Å². The fourth-order valence-corrected chi connectivity index (χ4v) is 2.49. The van der Waals surface area contributed by atoms with Crippen molar-refractivity contribution in [1.29, 1.82) is 0 Å². The van der Waals surface area contributed by atoms with Gasteiger partial charge >= 0.3 is 0 Å². The summed E-state index contributed by atoms with van der Waals surface area (Å²) in [4.78, 5) is 0. The van der Waals surface area contributed by atoms with Crippen LogP contribution in [-0.2, 0) is 9.47 Å². The Balaban J connectivity index is 2.07. The minimum absolute atomic E-state index is 0.0715. The van der Waals surface area contributed by atoms with Gasteiger partial charge in [-0.2, -0.15) is 0 Å². The van der Waals surface area contributed by atoms with Crippen LogP contribution in [0.1, 0.15) is 38.8 Å². The first-order chi connectivity index (χ1) is 10.2. The summed E-state index contributed by atoms with van der Waals surface area (Å²) in [6.07, 6.45) is 1.36. The first kappa shape index (κ1) is 16.3. The average molecular weight is 293 g/mol. The highest BCUT2D eigenvalue weighted by atomic mass is 16.6. The van der Waals surface area contributed by atoms with Gasteiger partial charge in [-0.15, -0.1) is 0 Å². The summed E-state index contributed by atoms with van der Waals surface area (Å²) in [7, 11) is 0. The second kappa shape index (κ2) is 8.37. The molecule has 2 rings (SSSR count). The Morgan fingerprint density at radius 1 is 1.24 bits per heavy atom. The number of rotatable bonds is 7. The molecule has 1 aliphatic heterocycles. The molecule has 0 aromatic heterocycles. The lowest BCUT2D eigenvalue weighted by atomic mass is 10.0. The molecular weight excluding hydrogens is 266 g/mol. The second-order valence-electron chi connectivity index (χ2n) is 5.65. The zero-order chi connectivity index (χ0) is 15.1. The van der Waals surface area contributed by atoms with Crippen LogP contribution < -0.4 is 10.1 Å². The van der Waals surface area contributed by atoms with Crippen LogP contribution in [0, 0.1) is 0 Å². The van der Waals surface area contributed by atoms with E-state index in [2.05, 4.69) is 24.4 Å². The summed E-state index contributed by atoms with van der Waals surface area (Å²) in [5.41, 5.74) is 1.22. The molecule has 1 aliphatic rings. The third-order valence-electron chi connectivity index (χ3n) is 3.44. The Morgan fingerprint density at radius 3 is 2.57 bits per heavy atom. The van der Waals surface area contributed by atoms with Crippen molar-refractivity contribution in [2.75, 3.05) is 26.4 Å². The van der Waals surface area contributed by atoms with Crippen LogP contribution in [0.5, 0.6) is 5.75 Å². The molecule has 4 heteroatoms. The molecule has 2 unspecified atom stereocenters. The maximum Gasteiger partial charge on any atom is 0.119 e. The monoisotopic (exact) mass is 293 g/mol. The highest BCUT2D eigenvalue weighted by Crippen LogP contribution is 2.24. The molecule has 2 atom stereocenters. The van der Waals surface area contributed by atoms with Gasteiger partial charge in [-0.05, 0) is 44.5 Å². The number of hydrogen-bond donors (Lipinski definition) is 1. The van der Waals surface area contributed by atoms with Crippen LogP contribution in [0.15, 0.2) is 24.3 Å². The van der Waals surface area contributed by atoms with E-state index in [1.165, 1.54) is 5.56 Å². The number of benzene rings is 1. The van der Waals surface area contributed by atoms with Gasteiger partial charge in [0, 0.05) is 0 Å². The predicted molar refractivity (Wildman–Crippen MR) is 83.8 cm³/mol. The topological polar surface area (TPSA) is 39.7 Å². The van der Waals surface area contributed by atoms with Gasteiger partial charge in [0.25, 0.3) is 0 Å². The van der Waals surface area contributed by atoms with E-state index in [4.69, 9.17) is 14.2 Å². The molecule has 0 amide bonds. The van der Waals surface area contributed by atoms with Gasteiger partial charge in [-0.3, -0.25) is 0 Å². The molecule has 1 aromatic carbocycles. The van der Waals surface area contributed by atoms with Crippen molar-refractivity contribution in [3.05, 3.63) is 29.8 Å². The molecule has 4 nitrogen and oxygen atoms in total. The number of nitrogens with one attached hydrogen (secondary N) is 1. The van der Waals surface area contributed by atoms with E-state index in [1.807, 2.05) is 26.0 Å². The molecule has 118 valence electrons. The lowest BCUT2D eigenvalue weighted by Crippen LogP contribution is -2.40. The molecule has 1 aromatic rings. The summed E-state index contributed by atoms with van der Waals surface area (Å²) < 4.78 is 17.1. The Morgan fingerprint density at radius 2 is 2.00 bits per heavy atom. The molecule has 0 aliphatic carbocycles. The SMILES string of the molecule is CCCNC(c1ccc(OC(C)C)cc1)C1COCCO1. The predicted octanol–water partition coefficient (Wildman–Crippen LogP) is 2.93. The molecule has 0 spiro atoms. The Labute approximate surface area is 127 Å². The normalized spacial score (nSPS) is 20.5. The van der Waals surface area contributed by atoms with E-state index < -0.39 is 0 Å². The van der Waals surface area contributed by atoms with Crippen molar-refractivity contribution in [3.8, 4) is 5.75 Å². The van der Waals surface area contributed by atoms with E-state index in [1.54, 1.807) is 0 Å². The molecule has 0 bridgehead atoms. The third-order valence-corrected chi connectivity index (χ3v) is 3.44. The fourth-order valence-electron chi connectivity index (χ4n) is 2.49. The maximum atomic E-state index is 5.87. The van der Waals surface area contributed by atoms with E-state index in [0.29, 0.717) is 19.8 Å². The third kappa shape index (κ3) is 4.99. The van der Waals surface area contributed by atoms with Gasteiger partial charge in [-0.1, -0.05) is 19.1 Å². The van der Waals surface area contributed by atoms with Gasteiger partial charge in [0.2, 0.25) is 0 Å². The molecule has 1 fully saturated rings. The summed E-state index contributed by atoms with van der Waals surface area (Å²) in [5, 5.41) is 3.57. The van der Waals surface area contributed by atoms with Crippen LogP contribution in [0.25, 0.3) is 0 Å². The molecule has 1 saturated heterocycles. The zero-order valence-electron chi connectivity index (χ0n) is 13.3. The van der Waals surface area contributed by atoms with E-state index in [0.717, 1.165) is 18.7 Å². The molecular formula is C17H27NO3. The van der Waals surface area contributed by atoms with Crippen LogP contribution in [-0.4, -0.2) is 38.6 Å². The highest BCUT2D eigenvalue weighted by molar-refractivity contribution is 5.30. The lowest BCUT2D eigenvalue weighted by Gasteiger charge is -2.31. The lowest BCUT2D eigenvalue weighted by molar-refractivity contribution is -0.102. The van der Waals surface area contributed by atoms with Crippen molar-refractivity contribution in [2.24, 2.45) is 0 Å². The fraction of sp³-hybridized carbons (Fsp3) is 0.647. The van der Waals surface area contributed by atoms with E-state index in [-0.39, 0.29) is 18.2 Å². The van der Waals surface area contributed by atoms with Crippen LogP contribution in [0.3, 0.4) is 0 Å². The summed E-state index contributed by atoms with van der Waals surface area (Å²) >= 11 is 0. The maximum absolute atomic E-state index is 5.87. The highest BCUT2D eigenvalue weighted by Gasteiger charge is 2.26. The summed E-state index contributed by atoms with van der Waals surface area (Å²) in [5.74, 6) is 0.906. The molecule has 0 radical (unpaired) electrons. The van der Waals surface area contributed by atoms with Crippen LogP contribution in [0.2, 0.25) is 0 Å². The number of ether oxygens (including phenoxy) is 3. The Kier molecular flexibility index (Phi) is 6.49. The van der Waals surface area contributed by atoms with Crippen LogP contribution in [0.4, 0.5) is 0 Å². The van der Waals surface area contributed by atoms with Gasteiger partial charge in [0.15, 0.2) is 0 Å². The quantitative estimate of drug-likeness (QED) is 0.839. The van der Waals surface area contributed by atoms with Crippen molar-refractivity contribution in [2.45, 2.75) is 45.4 Å². The minimum atomic E-state index is 0.0715. The number of hydrogen-bond acceptors (Lipinski definition) is 4. The zero-order valence-corrected chi connectivity index (χ0v) is 13.3. The Hall–Kier alpha value is -1.10. The molecule has 0 saturated carbocycles. The Bertz CT molecular complexity index is 399. The standard InChI is InChI=1S/C17H27NO3/c1-4-9-18-17(16-12-19-10-11-20-16)14-5-7-15(8-6-14)21-13(2)3/h5-8,13,16-18H,4,9-12H2,1-3H3. The average Bonchev–Trinajstić information content (AvgIpc) is 2.50. The van der Waals surface area contributed by atoms with Crippen molar-refractivity contribution < 1.29 is 14.2 Å². The summed E-state index contributed by atoms with van der Waals surface area (Å²) in [6.45, 7) is 9.21. The van der Waals surface area contributed by atoms with Crippen molar-refractivity contribution in [3.63, 3.8) is 0 Å². The van der Waals surface area contributed by atoms with Crippen molar-refractivity contribution in [1.82, 2.24) is 5.32 Å². The molecule has 1 N–H and O–H groups in total. The van der Waals surface area contributed by atoms with Crippen molar-refractivity contribution >= 4 is 0 Å². The van der Waals surface area contributed by atoms with Crippen LogP contribution >= 0.6 is 0 Å². The first-order valence-electron chi connectivity index (χ1n) is 7.90. The molecule has 1 heterocycles.